The highest BCUT2D eigenvalue weighted by molar-refractivity contribution is 5.91. The maximum Gasteiger partial charge on any atom is 0.143 e. The van der Waals surface area contributed by atoms with Crippen LogP contribution >= 0.6 is 0 Å². The molecule has 1 saturated carbocycles. The van der Waals surface area contributed by atoms with Crippen LogP contribution < -0.4 is 5.32 Å². The van der Waals surface area contributed by atoms with Crippen molar-refractivity contribution in [2.24, 2.45) is 5.41 Å². The number of anilines is 1. The summed E-state index contributed by atoms with van der Waals surface area (Å²) in [6.45, 7) is 7.74. The number of nitrogens with one attached hydrogen (secondary N) is 2. The van der Waals surface area contributed by atoms with E-state index in [1.54, 1.807) is 6.92 Å². The Kier molecular flexibility index (Phi) is 3.58. The molecule has 2 N–H and O–H groups in total. The molecule has 1 saturated heterocycles. The molecule has 0 spiro atoms. The molecular formula is C18H25F2N5. The van der Waals surface area contributed by atoms with Gasteiger partial charge in [0, 0.05) is 36.2 Å². The van der Waals surface area contributed by atoms with Crippen LogP contribution in [0.1, 0.15) is 52.0 Å². The monoisotopic (exact) mass is 349 g/mol. The molecular weight excluding hydrogens is 324 g/mol. The first-order chi connectivity index (χ1) is 11.7. The van der Waals surface area contributed by atoms with E-state index in [9.17, 15) is 8.87 Å². The lowest BCUT2D eigenvalue weighted by molar-refractivity contribution is -0.0406. The maximum absolute atomic E-state index is 14.9. The zero-order valence-electron chi connectivity index (χ0n) is 15.1. The van der Waals surface area contributed by atoms with Crippen molar-refractivity contribution >= 4 is 16.9 Å². The Morgan fingerprint density at radius 3 is 2.64 bits per heavy atom. The number of piperidine rings is 1. The standard InChI is InChI=1S/C18H25F2N5/c1-10-5-6-11(8-25(10)20)24-16-13-12(7-21-15(13)22-9-23-16)14-17(2,3)18(14,4)19/h7,9-11,14H,5-6,8H2,1-4H3,(H2,21,22,23,24). The lowest BCUT2D eigenvalue weighted by Gasteiger charge is -2.32. The van der Waals surface area contributed by atoms with Crippen molar-refractivity contribution < 1.29 is 8.87 Å². The van der Waals surface area contributed by atoms with E-state index >= 15 is 0 Å². The molecule has 2 fully saturated rings. The van der Waals surface area contributed by atoms with Crippen LogP contribution in [0.2, 0.25) is 0 Å². The van der Waals surface area contributed by atoms with E-state index in [-0.39, 0.29) is 18.0 Å². The number of rotatable bonds is 3. The summed E-state index contributed by atoms with van der Waals surface area (Å²) >= 11 is 0. The van der Waals surface area contributed by atoms with Crippen molar-refractivity contribution in [2.75, 3.05) is 11.9 Å². The summed E-state index contributed by atoms with van der Waals surface area (Å²) in [5.74, 6) is 0.456. The molecule has 0 bridgehead atoms. The lowest BCUT2D eigenvalue weighted by atomic mass is 10.0. The Morgan fingerprint density at radius 2 is 2.00 bits per heavy atom. The van der Waals surface area contributed by atoms with Crippen LogP contribution in [0.25, 0.3) is 11.0 Å². The van der Waals surface area contributed by atoms with E-state index in [1.807, 2.05) is 27.0 Å². The fourth-order valence-electron chi connectivity index (χ4n) is 4.31. The fraction of sp³-hybridized carbons (Fsp3) is 0.667. The van der Waals surface area contributed by atoms with E-state index in [1.165, 1.54) is 6.33 Å². The average molecular weight is 349 g/mol. The first-order valence-electron chi connectivity index (χ1n) is 8.93. The van der Waals surface area contributed by atoms with Crippen molar-refractivity contribution in [3.63, 3.8) is 0 Å². The van der Waals surface area contributed by atoms with Crippen LogP contribution in [-0.4, -0.2) is 44.4 Å². The Labute approximate surface area is 146 Å². The number of aromatic amines is 1. The fourth-order valence-corrected chi connectivity index (χ4v) is 4.31. The van der Waals surface area contributed by atoms with Gasteiger partial charge in [0.25, 0.3) is 0 Å². The third kappa shape index (κ3) is 2.43. The van der Waals surface area contributed by atoms with E-state index < -0.39 is 11.1 Å². The molecule has 0 radical (unpaired) electrons. The van der Waals surface area contributed by atoms with Crippen molar-refractivity contribution in [1.82, 2.24) is 20.1 Å². The number of halogens is 2. The zero-order valence-corrected chi connectivity index (χ0v) is 15.1. The number of hydrogen-bond acceptors (Lipinski definition) is 4. The van der Waals surface area contributed by atoms with Crippen LogP contribution in [0.4, 0.5) is 14.7 Å². The third-order valence-corrected chi connectivity index (χ3v) is 6.40. The smallest absolute Gasteiger partial charge is 0.143 e. The second kappa shape index (κ2) is 5.37. The molecule has 2 aromatic rings. The molecule has 4 atom stereocenters. The average Bonchev–Trinajstić information content (AvgIpc) is 2.86. The molecule has 5 nitrogen and oxygen atoms in total. The van der Waals surface area contributed by atoms with Crippen LogP contribution in [-0.2, 0) is 0 Å². The van der Waals surface area contributed by atoms with Crippen LogP contribution in [0.3, 0.4) is 0 Å². The number of H-pyrrole nitrogens is 1. The molecule has 2 aromatic heterocycles. The molecule has 0 amide bonds. The molecule has 136 valence electrons. The molecule has 4 unspecified atom stereocenters. The minimum Gasteiger partial charge on any atom is -0.365 e. The number of alkyl halides is 1. The van der Waals surface area contributed by atoms with Gasteiger partial charge < -0.3 is 10.3 Å². The van der Waals surface area contributed by atoms with Crippen LogP contribution in [0, 0.1) is 5.41 Å². The predicted molar refractivity (Wildman–Crippen MR) is 93.8 cm³/mol. The number of aromatic nitrogens is 3. The summed E-state index contributed by atoms with van der Waals surface area (Å²) in [6, 6.07) is -0.0724. The highest BCUT2D eigenvalue weighted by Gasteiger charge is 2.70. The second-order valence-corrected chi connectivity index (χ2v) is 8.27. The topological polar surface area (TPSA) is 56.8 Å². The minimum atomic E-state index is -1.26. The normalized spacial score (nSPS) is 35.0. The van der Waals surface area contributed by atoms with Crippen molar-refractivity contribution in [3.05, 3.63) is 18.1 Å². The van der Waals surface area contributed by atoms with Gasteiger partial charge in [-0.2, -0.15) is 0 Å². The van der Waals surface area contributed by atoms with Gasteiger partial charge in [0.1, 0.15) is 23.5 Å². The van der Waals surface area contributed by atoms with Gasteiger partial charge in [0.15, 0.2) is 0 Å². The van der Waals surface area contributed by atoms with E-state index in [0.29, 0.717) is 18.0 Å². The quantitative estimate of drug-likeness (QED) is 0.824. The largest absolute Gasteiger partial charge is 0.365 e. The van der Waals surface area contributed by atoms with Crippen LogP contribution in [0.15, 0.2) is 12.5 Å². The minimum absolute atomic E-state index is 0.0222. The first kappa shape index (κ1) is 16.7. The van der Waals surface area contributed by atoms with Crippen molar-refractivity contribution in [2.45, 2.75) is 64.2 Å². The molecule has 1 aliphatic heterocycles. The Bertz CT molecular complexity index is 786. The molecule has 4 rings (SSSR count). The lowest BCUT2D eigenvalue weighted by Crippen LogP contribution is -2.42. The van der Waals surface area contributed by atoms with Gasteiger partial charge >= 0.3 is 0 Å². The van der Waals surface area contributed by atoms with Gasteiger partial charge in [-0.25, -0.2) is 14.4 Å². The summed E-state index contributed by atoms with van der Waals surface area (Å²) in [6.07, 6.45) is 4.99. The van der Waals surface area contributed by atoms with Gasteiger partial charge in [-0.1, -0.05) is 13.8 Å². The van der Waals surface area contributed by atoms with Crippen molar-refractivity contribution in [1.29, 1.82) is 0 Å². The summed E-state index contributed by atoms with van der Waals surface area (Å²) in [4.78, 5) is 11.8. The first-order valence-corrected chi connectivity index (χ1v) is 8.93. The molecule has 7 heteroatoms. The van der Waals surface area contributed by atoms with E-state index in [2.05, 4.69) is 20.3 Å². The SMILES string of the molecule is CC1CCC(Nc2ncnc3[nH]cc(C4C(C)(C)C4(C)F)c23)CN1F. The zero-order chi connectivity index (χ0) is 18.0. The number of fused-ring (bicyclic) bond motifs is 1. The molecule has 0 aromatic carbocycles. The number of hydrogen-bond donors (Lipinski definition) is 2. The Morgan fingerprint density at radius 1 is 1.28 bits per heavy atom. The molecule has 25 heavy (non-hydrogen) atoms. The molecule has 3 heterocycles. The van der Waals surface area contributed by atoms with E-state index in [0.717, 1.165) is 28.9 Å². The van der Waals surface area contributed by atoms with Gasteiger partial charge in [0.2, 0.25) is 0 Å². The van der Waals surface area contributed by atoms with Gasteiger partial charge in [-0.15, -0.1) is 9.60 Å². The highest BCUT2D eigenvalue weighted by Crippen LogP contribution is 2.70. The van der Waals surface area contributed by atoms with Gasteiger partial charge in [0.05, 0.1) is 5.39 Å². The third-order valence-electron chi connectivity index (χ3n) is 6.40. The second-order valence-electron chi connectivity index (χ2n) is 8.27. The maximum atomic E-state index is 14.9. The van der Waals surface area contributed by atoms with Gasteiger partial charge in [-0.3, -0.25) is 0 Å². The Balaban J connectivity index is 1.68. The van der Waals surface area contributed by atoms with Crippen LogP contribution in [0.5, 0.6) is 0 Å². The predicted octanol–water partition coefficient (Wildman–Crippen LogP) is 3.96. The summed E-state index contributed by atoms with van der Waals surface area (Å²) in [5.41, 5.74) is -0.0992. The highest BCUT2D eigenvalue weighted by atomic mass is 19.2. The summed E-state index contributed by atoms with van der Waals surface area (Å²) < 4.78 is 28.8. The number of nitrogens with zero attached hydrogens (tertiary/aromatic N) is 3. The van der Waals surface area contributed by atoms with Gasteiger partial charge in [-0.05, 0) is 32.3 Å². The molecule has 2 aliphatic rings. The Hall–Kier alpha value is -1.76. The summed E-state index contributed by atoms with van der Waals surface area (Å²) in [7, 11) is 0. The summed E-state index contributed by atoms with van der Waals surface area (Å²) in [5, 5.41) is 5.06. The molecule has 1 aliphatic carbocycles. The van der Waals surface area contributed by atoms with Crippen molar-refractivity contribution in [3.8, 4) is 0 Å². The van der Waals surface area contributed by atoms with E-state index in [4.69, 9.17) is 0 Å².